The number of amides is 1. The number of hydrogen-bond acceptors (Lipinski definition) is 4. The van der Waals surface area contributed by atoms with Crippen LogP contribution in [0, 0.1) is 6.92 Å². The molecular formula is C20H23ClN2O3. The van der Waals surface area contributed by atoms with Crippen LogP contribution in [0.5, 0.6) is 11.5 Å². The van der Waals surface area contributed by atoms with Gasteiger partial charge in [-0.05, 0) is 24.5 Å². The molecular weight excluding hydrogens is 352 g/mol. The van der Waals surface area contributed by atoms with Crippen LogP contribution in [-0.4, -0.2) is 25.7 Å². The second kappa shape index (κ2) is 8.32. The highest BCUT2D eigenvalue weighted by molar-refractivity contribution is 6.33. The Bertz CT molecular complexity index is 808. The maximum absolute atomic E-state index is 12.4. The van der Waals surface area contributed by atoms with Crippen molar-refractivity contribution >= 4 is 28.9 Å². The van der Waals surface area contributed by atoms with Gasteiger partial charge in [0.05, 0.1) is 30.5 Å². The van der Waals surface area contributed by atoms with Gasteiger partial charge in [0.25, 0.3) is 0 Å². The third-order valence-electron chi connectivity index (χ3n) is 4.28. The summed E-state index contributed by atoms with van der Waals surface area (Å²) in [7, 11) is 0. The van der Waals surface area contributed by atoms with Gasteiger partial charge in [-0.25, -0.2) is 0 Å². The zero-order chi connectivity index (χ0) is 18.5. The first-order valence-electron chi connectivity index (χ1n) is 8.80. The Kier molecular flexibility index (Phi) is 5.89. The Labute approximate surface area is 158 Å². The highest BCUT2D eigenvalue weighted by Gasteiger charge is 2.15. The molecule has 0 aromatic heterocycles. The number of anilines is 2. The van der Waals surface area contributed by atoms with E-state index in [0.717, 1.165) is 29.7 Å². The number of rotatable bonds is 5. The number of benzene rings is 2. The largest absolute Gasteiger partial charge is 0.490 e. The van der Waals surface area contributed by atoms with Crippen molar-refractivity contribution in [3.05, 3.63) is 46.5 Å². The molecule has 2 aromatic carbocycles. The topological polar surface area (TPSA) is 59.6 Å². The molecule has 2 N–H and O–H groups in total. The summed E-state index contributed by atoms with van der Waals surface area (Å²) in [6.07, 6.45) is 1.69. The van der Waals surface area contributed by atoms with Crippen LogP contribution in [0.25, 0.3) is 0 Å². The molecule has 0 radical (unpaired) electrons. The summed E-state index contributed by atoms with van der Waals surface area (Å²) >= 11 is 6.30. The molecule has 1 heterocycles. The molecule has 1 aliphatic rings. The van der Waals surface area contributed by atoms with Crippen molar-refractivity contribution in [2.75, 3.05) is 30.4 Å². The molecule has 1 amide bonds. The molecule has 0 saturated heterocycles. The lowest BCUT2D eigenvalue weighted by Gasteiger charge is -2.15. The fourth-order valence-corrected chi connectivity index (χ4v) is 3.10. The van der Waals surface area contributed by atoms with Gasteiger partial charge in [-0.15, -0.1) is 0 Å². The second-order valence-corrected chi connectivity index (χ2v) is 6.60. The van der Waals surface area contributed by atoms with E-state index in [1.54, 1.807) is 12.1 Å². The summed E-state index contributed by atoms with van der Waals surface area (Å²) in [4.78, 5) is 12.4. The van der Waals surface area contributed by atoms with Gasteiger partial charge in [0.1, 0.15) is 0 Å². The first-order valence-corrected chi connectivity index (χ1v) is 9.17. The molecule has 26 heavy (non-hydrogen) atoms. The van der Waals surface area contributed by atoms with Crippen molar-refractivity contribution < 1.29 is 14.3 Å². The van der Waals surface area contributed by atoms with Gasteiger partial charge in [0.2, 0.25) is 5.91 Å². The zero-order valence-electron chi connectivity index (χ0n) is 15.0. The number of halogens is 1. The average Bonchev–Trinajstić information content (AvgIpc) is 2.86. The zero-order valence-corrected chi connectivity index (χ0v) is 15.8. The number of carbonyl (C=O) groups is 1. The Morgan fingerprint density at radius 2 is 1.92 bits per heavy atom. The minimum atomic E-state index is -0.128. The van der Waals surface area contributed by atoms with Crippen LogP contribution in [0.1, 0.15) is 24.5 Å². The third kappa shape index (κ3) is 4.22. The van der Waals surface area contributed by atoms with Gasteiger partial charge in [-0.1, -0.05) is 36.7 Å². The number of fused-ring (bicyclic) bond motifs is 1. The molecule has 0 saturated carbocycles. The smallest absolute Gasteiger partial charge is 0.243 e. The summed E-state index contributed by atoms with van der Waals surface area (Å²) in [6.45, 7) is 5.37. The Hall–Kier alpha value is -2.40. The lowest BCUT2D eigenvalue weighted by molar-refractivity contribution is -0.114. The quantitative estimate of drug-likeness (QED) is 0.813. The predicted octanol–water partition coefficient (Wildman–Crippen LogP) is 4.42. The normalized spacial score (nSPS) is 13.0. The monoisotopic (exact) mass is 374 g/mol. The van der Waals surface area contributed by atoms with Crippen molar-refractivity contribution in [2.24, 2.45) is 0 Å². The van der Waals surface area contributed by atoms with Crippen molar-refractivity contribution in [3.8, 4) is 11.5 Å². The van der Waals surface area contributed by atoms with Gasteiger partial charge < -0.3 is 20.1 Å². The molecule has 0 bridgehead atoms. The molecule has 3 rings (SSSR count). The second-order valence-electron chi connectivity index (χ2n) is 6.19. The molecule has 0 aliphatic carbocycles. The van der Waals surface area contributed by atoms with Crippen LogP contribution in [0.15, 0.2) is 30.3 Å². The van der Waals surface area contributed by atoms with E-state index in [1.807, 2.05) is 25.1 Å². The standard InChI is InChI=1S/C20H23ClN2O3/c1-3-14-7-4-6-13(2)20(14)23-19(24)12-22-16-11-18-17(10-15(16)21)25-8-5-9-26-18/h4,6-7,10-11,22H,3,5,8-9,12H2,1-2H3,(H,23,24). The minimum absolute atomic E-state index is 0.108. The van der Waals surface area contributed by atoms with E-state index in [1.165, 1.54) is 0 Å². The Morgan fingerprint density at radius 1 is 1.19 bits per heavy atom. The Balaban J connectivity index is 1.68. The molecule has 0 unspecified atom stereocenters. The van der Waals surface area contributed by atoms with Crippen LogP contribution in [0.2, 0.25) is 5.02 Å². The fraction of sp³-hybridized carbons (Fsp3) is 0.350. The predicted molar refractivity (Wildman–Crippen MR) is 105 cm³/mol. The average molecular weight is 375 g/mol. The summed E-state index contributed by atoms with van der Waals surface area (Å²) in [5.74, 6) is 1.15. The first-order chi connectivity index (χ1) is 12.6. The van der Waals surface area contributed by atoms with Crippen LogP contribution >= 0.6 is 11.6 Å². The molecule has 138 valence electrons. The molecule has 1 aliphatic heterocycles. The van der Waals surface area contributed by atoms with Crippen molar-refractivity contribution in [1.82, 2.24) is 0 Å². The lowest BCUT2D eigenvalue weighted by atomic mass is 10.1. The van der Waals surface area contributed by atoms with E-state index >= 15 is 0 Å². The van der Waals surface area contributed by atoms with Crippen molar-refractivity contribution in [3.63, 3.8) is 0 Å². The third-order valence-corrected chi connectivity index (χ3v) is 4.59. The van der Waals surface area contributed by atoms with E-state index in [-0.39, 0.29) is 12.5 Å². The minimum Gasteiger partial charge on any atom is -0.490 e. The number of nitrogens with one attached hydrogen (secondary N) is 2. The van der Waals surface area contributed by atoms with Crippen LogP contribution in [0.4, 0.5) is 11.4 Å². The van der Waals surface area contributed by atoms with Crippen LogP contribution in [0.3, 0.4) is 0 Å². The highest BCUT2D eigenvalue weighted by atomic mass is 35.5. The maximum atomic E-state index is 12.4. The highest BCUT2D eigenvalue weighted by Crippen LogP contribution is 2.37. The Morgan fingerprint density at radius 3 is 2.65 bits per heavy atom. The molecule has 0 spiro atoms. The summed E-state index contributed by atoms with van der Waals surface area (Å²) in [5, 5.41) is 6.56. The van der Waals surface area contributed by atoms with Crippen LogP contribution in [-0.2, 0) is 11.2 Å². The molecule has 0 atom stereocenters. The molecule has 5 nitrogen and oxygen atoms in total. The van der Waals surface area contributed by atoms with Gasteiger partial charge in [-0.2, -0.15) is 0 Å². The summed E-state index contributed by atoms with van der Waals surface area (Å²) < 4.78 is 11.3. The van der Waals surface area contributed by atoms with E-state index in [9.17, 15) is 4.79 Å². The number of aryl methyl sites for hydroxylation is 2. The van der Waals surface area contributed by atoms with E-state index in [0.29, 0.717) is 35.4 Å². The van der Waals surface area contributed by atoms with Gasteiger partial charge in [0, 0.05) is 24.2 Å². The number of ether oxygens (including phenoxy) is 2. The van der Waals surface area contributed by atoms with Crippen molar-refractivity contribution in [2.45, 2.75) is 26.7 Å². The molecule has 0 fully saturated rings. The fourth-order valence-electron chi connectivity index (χ4n) is 2.88. The SMILES string of the molecule is CCc1cccc(C)c1NC(=O)CNc1cc2c(cc1Cl)OCCCO2. The van der Waals surface area contributed by atoms with Crippen LogP contribution < -0.4 is 20.1 Å². The van der Waals surface area contributed by atoms with Gasteiger partial charge >= 0.3 is 0 Å². The van der Waals surface area contributed by atoms with Gasteiger partial charge in [-0.3, -0.25) is 4.79 Å². The van der Waals surface area contributed by atoms with Crippen molar-refractivity contribution in [1.29, 1.82) is 0 Å². The number of hydrogen-bond donors (Lipinski definition) is 2. The lowest BCUT2D eigenvalue weighted by Crippen LogP contribution is -2.23. The molecule has 6 heteroatoms. The van der Waals surface area contributed by atoms with Gasteiger partial charge in [0.15, 0.2) is 11.5 Å². The van der Waals surface area contributed by atoms with E-state index in [2.05, 4.69) is 17.6 Å². The summed E-state index contributed by atoms with van der Waals surface area (Å²) in [6, 6.07) is 9.51. The first kappa shape index (κ1) is 18.4. The summed E-state index contributed by atoms with van der Waals surface area (Å²) in [5.41, 5.74) is 3.69. The number of carbonyl (C=O) groups excluding carboxylic acids is 1. The molecule has 2 aromatic rings. The number of para-hydroxylation sites is 1. The van der Waals surface area contributed by atoms with E-state index < -0.39 is 0 Å². The maximum Gasteiger partial charge on any atom is 0.243 e. The van der Waals surface area contributed by atoms with E-state index in [4.69, 9.17) is 21.1 Å².